The third-order valence-electron chi connectivity index (χ3n) is 4.86. The van der Waals surface area contributed by atoms with Crippen molar-refractivity contribution >= 4 is 11.9 Å². The van der Waals surface area contributed by atoms with Crippen LogP contribution in [0, 0.1) is 11.6 Å². The predicted octanol–water partition coefficient (Wildman–Crippen LogP) is 4.48. The number of carbonyl (C=O) groups is 2. The van der Waals surface area contributed by atoms with Gasteiger partial charge in [-0.25, -0.2) is 13.6 Å². The Labute approximate surface area is 168 Å². The summed E-state index contributed by atoms with van der Waals surface area (Å²) in [7, 11) is 0. The maximum atomic E-state index is 13.8. The van der Waals surface area contributed by atoms with E-state index in [0.29, 0.717) is 16.8 Å². The minimum Gasteiger partial charge on any atom is -0.458 e. The van der Waals surface area contributed by atoms with Crippen molar-refractivity contribution in [3.8, 4) is 0 Å². The van der Waals surface area contributed by atoms with Crippen LogP contribution in [0.25, 0.3) is 0 Å². The SMILES string of the molecule is C=CCOC(=O)C1=C(C)N(Cc2cccc(F)c2)C(=O)CC1c1cccc(F)c1. The minimum absolute atomic E-state index is 0.0172. The van der Waals surface area contributed by atoms with Crippen molar-refractivity contribution in [1.29, 1.82) is 0 Å². The number of halogens is 2. The van der Waals surface area contributed by atoms with Gasteiger partial charge in [-0.05, 0) is 42.3 Å². The van der Waals surface area contributed by atoms with Crippen molar-refractivity contribution in [1.82, 2.24) is 4.90 Å². The van der Waals surface area contributed by atoms with E-state index in [2.05, 4.69) is 6.58 Å². The molecule has 1 aliphatic heterocycles. The Morgan fingerprint density at radius 1 is 1.21 bits per heavy atom. The highest BCUT2D eigenvalue weighted by Crippen LogP contribution is 2.37. The Balaban J connectivity index is 2.03. The van der Waals surface area contributed by atoms with Gasteiger partial charge in [-0.3, -0.25) is 4.79 Å². The zero-order chi connectivity index (χ0) is 21.0. The van der Waals surface area contributed by atoms with E-state index in [9.17, 15) is 18.4 Å². The Morgan fingerprint density at radius 2 is 1.90 bits per heavy atom. The largest absolute Gasteiger partial charge is 0.458 e. The number of allylic oxidation sites excluding steroid dienone is 1. The first kappa shape index (κ1) is 20.5. The number of hydrogen-bond acceptors (Lipinski definition) is 3. The average Bonchev–Trinajstić information content (AvgIpc) is 2.69. The summed E-state index contributed by atoms with van der Waals surface area (Å²) in [6.07, 6.45) is 1.43. The molecule has 0 N–H and O–H groups in total. The Morgan fingerprint density at radius 3 is 2.55 bits per heavy atom. The summed E-state index contributed by atoms with van der Waals surface area (Å²) in [5.41, 5.74) is 1.82. The van der Waals surface area contributed by atoms with Crippen molar-refractivity contribution < 1.29 is 23.1 Å². The number of hydrogen-bond donors (Lipinski definition) is 0. The van der Waals surface area contributed by atoms with Gasteiger partial charge in [0.15, 0.2) is 0 Å². The minimum atomic E-state index is -0.626. The van der Waals surface area contributed by atoms with Gasteiger partial charge in [0.25, 0.3) is 0 Å². The number of esters is 1. The molecule has 2 aromatic carbocycles. The molecular weight excluding hydrogens is 376 g/mol. The van der Waals surface area contributed by atoms with Gasteiger partial charge in [0.05, 0.1) is 12.1 Å². The van der Waals surface area contributed by atoms with Crippen LogP contribution >= 0.6 is 0 Å². The van der Waals surface area contributed by atoms with E-state index in [0.717, 1.165) is 0 Å². The number of carbonyl (C=O) groups excluding carboxylic acids is 2. The highest BCUT2D eigenvalue weighted by atomic mass is 19.1. The van der Waals surface area contributed by atoms with E-state index in [1.807, 2.05) is 0 Å². The summed E-state index contributed by atoms with van der Waals surface area (Å²) in [5, 5.41) is 0. The zero-order valence-electron chi connectivity index (χ0n) is 16.0. The van der Waals surface area contributed by atoms with Crippen molar-refractivity contribution in [2.24, 2.45) is 0 Å². The molecule has 1 amide bonds. The molecule has 29 heavy (non-hydrogen) atoms. The topological polar surface area (TPSA) is 46.6 Å². The second-order valence-electron chi connectivity index (χ2n) is 6.81. The third-order valence-corrected chi connectivity index (χ3v) is 4.86. The maximum Gasteiger partial charge on any atom is 0.336 e. The lowest BCUT2D eigenvalue weighted by Crippen LogP contribution is -2.38. The van der Waals surface area contributed by atoms with Crippen LogP contribution in [-0.2, 0) is 20.9 Å². The standard InChI is InChI=1S/C23H21F2NO3/c1-3-10-29-23(28)22-15(2)26(14-16-6-4-8-18(24)11-16)21(27)13-20(22)17-7-5-9-19(25)12-17/h3-9,11-12,20H,1,10,13-14H2,2H3. The van der Waals surface area contributed by atoms with Crippen LogP contribution in [0.1, 0.15) is 30.4 Å². The number of ether oxygens (including phenoxy) is 1. The molecule has 0 radical (unpaired) electrons. The Hall–Kier alpha value is -3.28. The summed E-state index contributed by atoms with van der Waals surface area (Å²) < 4.78 is 32.5. The molecule has 0 fully saturated rings. The lowest BCUT2D eigenvalue weighted by molar-refractivity contribution is -0.139. The van der Waals surface area contributed by atoms with Crippen LogP contribution in [0.5, 0.6) is 0 Å². The smallest absolute Gasteiger partial charge is 0.336 e. The first-order chi connectivity index (χ1) is 13.9. The van der Waals surface area contributed by atoms with E-state index in [1.165, 1.54) is 41.3 Å². The molecule has 0 saturated heterocycles. The third kappa shape index (κ3) is 4.59. The molecular formula is C23H21F2NO3. The second kappa shape index (κ2) is 8.82. The molecule has 1 unspecified atom stereocenters. The highest BCUT2D eigenvalue weighted by molar-refractivity contribution is 5.95. The number of rotatable bonds is 6. The van der Waals surface area contributed by atoms with Crippen LogP contribution in [-0.4, -0.2) is 23.4 Å². The lowest BCUT2D eigenvalue weighted by atomic mass is 9.83. The summed E-state index contributed by atoms with van der Waals surface area (Å²) in [6, 6.07) is 11.8. The van der Waals surface area contributed by atoms with Crippen LogP contribution < -0.4 is 0 Å². The fourth-order valence-electron chi connectivity index (χ4n) is 3.51. The van der Waals surface area contributed by atoms with E-state index in [4.69, 9.17) is 4.74 Å². The molecule has 1 atom stereocenters. The molecule has 3 rings (SSSR count). The van der Waals surface area contributed by atoms with E-state index < -0.39 is 23.5 Å². The summed E-state index contributed by atoms with van der Waals surface area (Å²) in [5.74, 6) is -2.31. The molecule has 2 aromatic rings. The second-order valence-corrected chi connectivity index (χ2v) is 6.81. The summed E-state index contributed by atoms with van der Waals surface area (Å²) in [6.45, 7) is 5.32. The summed E-state index contributed by atoms with van der Waals surface area (Å²) >= 11 is 0. The van der Waals surface area contributed by atoms with Gasteiger partial charge >= 0.3 is 5.97 Å². The van der Waals surface area contributed by atoms with Gasteiger partial charge in [0.1, 0.15) is 18.2 Å². The van der Waals surface area contributed by atoms with Crippen LogP contribution in [0.2, 0.25) is 0 Å². The normalized spacial score (nSPS) is 16.7. The predicted molar refractivity (Wildman–Crippen MR) is 105 cm³/mol. The fourth-order valence-corrected chi connectivity index (χ4v) is 3.51. The van der Waals surface area contributed by atoms with Gasteiger partial charge in [-0.15, -0.1) is 0 Å². The van der Waals surface area contributed by atoms with Crippen LogP contribution in [0.15, 0.2) is 72.5 Å². The first-order valence-electron chi connectivity index (χ1n) is 9.19. The molecule has 0 aliphatic carbocycles. The average molecular weight is 397 g/mol. The van der Waals surface area contributed by atoms with Crippen LogP contribution in [0.4, 0.5) is 8.78 Å². The van der Waals surface area contributed by atoms with Gasteiger partial charge in [0.2, 0.25) is 5.91 Å². The van der Waals surface area contributed by atoms with Gasteiger partial charge in [-0.2, -0.15) is 0 Å². The number of amides is 1. The maximum absolute atomic E-state index is 13.8. The molecule has 0 bridgehead atoms. The zero-order valence-corrected chi connectivity index (χ0v) is 16.0. The Kier molecular flexibility index (Phi) is 6.22. The summed E-state index contributed by atoms with van der Waals surface area (Å²) in [4.78, 5) is 27.1. The Bertz CT molecular complexity index is 984. The molecule has 0 aromatic heterocycles. The molecule has 6 heteroatoms. The van der Waals surface area contributed by atoms with Crippen molar-refractivity contribution in [3.05, 3.63) is 95.2 Å². The molecule has 0 saturated carbocycles. The fraction of sp³-hybridized carbons (Fsp3) is 0.217. The number of nitrogens with zero attached hydrogens (tertiary/aromatic N) is 1. The van der Waals surface area contributed by atoms with Crippen molar-refractivity contribution in [2.75, 3.05) is 6.61 Å². The van der Waals surface area contributed by atoms with Crippen LogP contribution in [0.3, 0.4) is 0 Å². The van der Waals surface area contributed by atoms with E-state index in [-0.39, 0.29) is 31.1 Å². The van der Waals surface area contributed by atoms with Gasteiger partial charge in [0, 0.05) is 18.0 Å². The molecule has 0 spiro atoms. The molecule has 150 valence electrons. The van der Waals surface area contributed by atoms with E-state index in [1.54, 1.807) is 25.1 Å². The van der Waals surface area contributed by atoms with Crippen molar-refractivity contribution in [3.63, 3.8) is 0 Å². The molecule has 4 nitrogen and oxygen atoms in total. The molecule has 1 heterocycles. The van der Waals surface area contributed by atoms with E-state index >= 15 is 0 Å². The number of benzene rings is 2. The quantitative estimate of drug-likeness (QED) is 0.533. The molecule has 1 aliphatic rings. The first-order valence-corrected chi connectivity index (χ1v) is 9.19. The monoisotopic (exact) mass is 397 g/mol. The van der Waals surface area contributed by atoms with Gasteiger partial charge < -0.3 is 9.64 Å². The van der Waals surface area contributed by atoms with Gasteiger partial charge in [-0.1, -0.05) is 36.9 Å². The van der Waals surface area contributed by atoms with Crippen molar-refractivity contribution in [2.45, 2.75) is 25.8 Å². The lowest BCUT2D eigenvalue weighted by Gasteiger charge is -2.34. The highest BCUT2D eigenvalue weighted by Gasteiger charge is 2.37.